The molecule has 2 atom stereocenters. The molecule has 3 saturated heterocycles. The Hall–Kier alpha value is -4.92. The SMILES string of the molecule is CNc1cc(CC2CCN(CCCOc3cc(Nc4nc(C)cc(NC5CCN(C(C)C)CC5)n4)cc4c3OCC4)C2)nc(Nc2cc3c(c(C4CCCNCC4)c2)OCC3)n1. The number of nitrogens with zero attached hydrogens (tertiary/aromatic N) is 6. The van der Waals surface area contributed by atoms with Gasteiger partial charge < -0.3 is 50.6 Å². The molecule has 0 aliphatic carbocycles. The standard InChI is InChI=1S/C48H67N11O3/c1-31(2)59-18-10-37(11-19-59)52-44-23-32(3)51-47(57-44)55-40-26-36-13-22-62-46(36)42(28-40)60-20-6-16-58-17-9-33(30-58)24-38-29-43(49-4)56-48(53-38)54-39-25-35-12-21-61-45(35)41(27-39)34-7-5-14-50-15-8-34/h23,25-29,31,33-34,37,50H,5-22,24,30H2,1-4H3,(H2,49,53,54,56)(H2,51,52,55,57). The number of piperidine rings is 1. The van der Waals surface area contributed by atoms with Gasteiger partial charge in [0.1, 0.15) is 17.4 Å². The Balaban J connectivity index is 0.775. The molecule has 9 rings (SSSR count). The van der Waals surface area contributed by atoms with E-state index in [9.17, 15) is 0 Å². The van der Waals surface area contributed by atoms with Gasteiger partial charge in [-0.15, -0.1) is 0 Å². The summed E-state index contributed by atoms with van der Waals surface area (Å²) in [4.78, 5) is 24.6. The van der Waals surface area contributed by atoms with Gasteiger partial charge in [0, 0.05) is 105 Å². The first kappa shape index (κ1) is 42.4. The van der Waals surface area contributed by atoms with Gasteiger partial charge >= 0.3 is 0 Å². The van der Waals surface area contributed by atoms with Gasteiger partial charge in [-0.25, -0.2) is 9.97 Å². The minimum Gasteiger partial charge on any atom is -0.493 e. The molecule has 2 unspecified atom stereocenters. The molecule has 2 aromatic heterocycles. The van der Waals surface area contributed by atoms with Crippen LogP contribution in [0.15, 0.2) is 36.4 Å². The molecule has 4 aromatic rings. The molecule has 3 fully saturated rings. The molecule has 5 N–H and O–H groups in total. The Morgan fingerprint density at radius 1 is 0.806 bits per heavy atom. The maximum atomic E-state index is 6.45. The number of ether oxygens (including phenoxy) is 3. The van der Waals surface area contributed by atoms with Crippen LogP contribution in [0.3, 0.4) is 0 Å². The summed E-state index contributed by atoms with van der Waals surface area (Å²) in [6.45, 7) is 16.1. The van der Waals surface area contributed by atoms with Crippen LogP contribution in [0, 0.1) is 12.8 Å². The van der Waals surface area contributed by atoms with Crippen molar-refractivity contribution >= 4 is 34.9 Å². The van der Waals surface area contributed by atoms with Gasteiger partial charge in [-0.3, -0.25) is 0 Å². The van der Waals surface area contributed by atoms with E-state index in [1.807, 2.05) is 26.1 Å². The van der Waals surface area contributed by atoms with Crippen LogP contribution in [-0.2, 0) is 19.3 Å². The maximum absolute atomic E-state index is 6.45. The summed E-state index contributed by atoms with van der Waals surface area (Å²) in [7, 11) is 1.93. The van der Waals surface area contributed by atoms with Crippen LogP contribution in [0.25, 0.3) is 0 Å². The molecular formula is C48H67N11O3. The van der Waals surface area contributed by atoms with Crippen molar-refractivity contribution in [2.75, 3.05) is 93.9 Å². The van der Waals surface area contributed by atoms with Gasteiger partial charge in [0.15, 0.2) is 11.5 Å². The number of benzene rings is 2. The fourth-order valence-electron chi connectivity index (χ4n) is 10.1. The zero-order valence-electron chi connectivity index (χ0n) is 37.3. The van der Waals surface area contributed by atoms with Crippen molar-refractivity contribution in [2.45, 2.75) is 103 Å². The van der Waals surface area contributed by atoms with Gasteiger partial charge in [-0.1, -0.05) is 0 Å². The zero-order chi connectivity index (χ0) is 42.4. The Kier molecular flexibility index (Phi) is 13.4. The Labute approximate surface area is 367 Å². The monoisotopic (exact) mass is 846 g/mol. The summed E-state index contributed by atoms with van der Waals surface area (Å²) >= 11 is 0. The van der Waals surface area contributed by atoms with Crippen LogP contribution in [0.4, 0.5) is 34.9 Å². The van der Waals surface area contributed by atoms with Crippen molar-refractivity contribution in [3.63, 3.8) is 0 Å². The molecule has 0 spiro atoms. The Morgan fingerprint density at radius 3 is 2.37 bits per heavy atom. The maximum Gasteiger partial charge on any atom is 0.229 e. The van der Waals surface area contributed by atoms with E-state index in [0.29, 0.717) is 49.0 Å². The fraction of sp³-hybridized carbons (Fsp3) is 0.583. The van der Waals surface area contributed by atoms with Crippen LogP contribution in [-0.4, -0.2) is 115 Å². The highest BCUT2D eigenvalue weighted by atomic mass is 16.5. The normalized spacial score (nSPS) is 20.6. The number of aromatic nitrogens is 4. The number of nitrogens with one attached hydrogen (secondary N) is 5. The van der Waals surface area contributed by atoms with Crippen molar-refractivity contribution < 1.29 is 14.2 Å². The van der Waals surface area contributed by atoms with E-state index in [0.717, 1.165) is 161 Å². The van der Waals surface area contributed by atoms with Gasteiger partial charge in [0.05, 0.1) is 19.8 Å². The zero-order valence-corrected chi connectivity index (χ0v) is 37.3. The van der Waals surface area contributed by atoms with Gasteiger partial charge in [-0.2, -0.15) is 9.97 Å². The first-order valence-electron chi connectivity index (χ1n) is 23.4. The van der Waals surface area contributed by atoms with E-state index in [4.69, 9.17) is 34.1 Å². The van der Waals surface area contributed by atoms with Crippen molar-refractivity contribution in [1.29, 1.82) is 0 Å². The first-order valence-corrected chi connectivity index (χ1v) is 23.4. The van der Waals surface area contributed by atoms with Crippen LogP contribution < -0.4 is 40.8 Å². The summed E-state index contributed by atoms with van der Waals surface area (Å²) in [5.41, 5.74) is 7.72. The molecule has 332 valence electrons. The molecule has 2 aromatic carbocycles. The summed E-state index contributed by atoms with van der Waals surface area (Å²) < 4.78 is 18.7. The third-order valence-corrected chi connectivity index (χ3v) is 13.3. The molecule has 62 heavy (non-hydrogen) atoms. The molecule has 0 saturated carbocycles. The second-order valence-corrected chi connectivity index (χ2v) is 18.3. The van der Waals surface area contributed by atoms with Gasteiger partial charge in [0.25, 0.3) is 0 Å². The third kappa shape index (κ3) is 10.5. The number of anilines is 6. The summed E-state index contributed by atoms with van der Waals surface area (Å²) in [5.74, 6) is 6.71. The lowest BCUT2D eigenvalue weighted by molar-refractivity contribution is 0.177. The molecule has 14 heteroatoms. The minimum absolute atomic E-state index is 0.414. The van der Waals surface area contributed by atoms with Crippen LogP contribution in [0.5, 0.6) is 17.2 Å². The number of hydrogen-bond donors (Lipinski definition) is 5. The predicted octanol–water partition coefficient (Wildman–Crippen LogP) is 7.45. The highest BCUT2D eigenvalue weighted by molar-refractivity contribution is 5.65. The lowest BCUT2D eigenvalue weighted by Gasteiger charge is -2.35. The molecule has 14 nitrogen and oxygen atoms in total. The van der Waals surface area contributed by atoms with Crippen molar-refractivity contribution in [3.8, 4) is 17.2 Å². The minimum atomic E-state index is 0.414. The smallest absolute Gasteiger partial charge is 0.229 e. The summed E-state index contributed by atoms with van der Waals surface area (Å²) in [5, 5.41) is 17.6. The predicted molar refractivity (Wildman–Crippen MR) is 247 cm³/mol. The Morgan fingerprint density at radius 2 is 1.56 bits per heavy atom. The second-order valence-electron chi connectivity index (χ2n) is 18.3. The van der Waals surface area contributed by atoms with Gasteiger partial charge in [0.2, 0.25) is 11.9 Å². The fourth-order valence-corrected chi connectivity index (χ4v) is 10.1. The molecule has 0 amide bonds. The van der Waals surface area contributed by atoms with Crippen molar-refractivity contribution in [3.05, 3.63) is 64.5 Å². The Bertz CT molecular complexity index is 2150. The topological polar surface area (TPSA) is 146 Å². The summed E-state index contributed by atoms with van der Waals surface area (Å²) in [6.07, 6.45) is 10.5. The lowest BCUT2D eigenvalue weighted by Crippen LogP contribution is -2.42. The van der Waals surface area contributed by atoms with E-state index >= 15 is 0 Å². The summed E-state index contributed by atoms with van der Waals surface area (Å²) in [6, 6.07) is 13.8. The first-order chi connectivity index (χ1) is 30.3. The van der Waals surface area contributed by atoms with Crippen molar-refractivity contribution in [1.82, 2.24) is 35.1 Å². The second kappa shape index (κ2) is 19.6. The van der Waals surface area contributed by atoms with E-state index in [2.05, 4.69) is 74.5 Å². The van der Waals surface area contributed by atoms with Crippen molar-refractivity contribution in [2.24, 2.45) is 5.92 Å². The highest BCUT2D eigenvalue weighted by Crippen LogP contribution is 2.42. The van der Waals surface area contributed by atoms with E-state index in [1.165, 1.54) is 24.0 Å². The van der Waals surface area contributed by atoms with E-state index in [1.54, 1.807) is 0 Å². The molecule has 0 bridgehead atoms. The average molecular weight is 846 g/mol. The average Bonchev–Trinajstić information content (AvgIpc) is 4.00. The lowest BCUT2D eigenvalue weighted by atomic mass is 9.89. The number of rotatable bonds is 16. The molecule has 5 aliphatic rings. The molecular weight excluding hydrogens is 779 g/mol. The largest absolute Gasteiger partial charge is 0.493 e. The van der Waals surface area contributed by atoms with E-state index in [-0.39, 0.29) is 0 Å². The van der Waals surface area contributed by atoms with E-state index < -0.39 is 0 Å². The number of aryl methyl sites for hydroxylation is 1. The van der Waals surface area contributed by atoms with Crippen LogP contribution >= 0.6 is 0 Å². The number of hydrogen-bond acceptors (Lipinski definition) is 14. The quantitative estimate of drug-likeness (QED) is 0.0712. The highest BCUT2D eigenvalue weighted by Gasteiger charge is 2.27. The number of likely N-dealkylation sites (tertiary alicyclic amines) is 2. The molecule has 5 aliphatic heterocycles. The third-order valence-electron chi connectivity index (χ3n) is 13.3. The van der Waals surface area contributed by atoms with Crippen LogP contribution in [0.2, 0.25) is 0 Å². The molecule has 7 heterocycles. The molecule has 0 radical (unpaired) electrons. The number of fused-ring (bicyclic) bond motifs is 2. The van der Waals surface area contributed by atoms with Gasteiger partial charge in [-0.05, 0) is 133 Å². The van der Waals surface area contributed by atoms with Crippen LogP contribution in [0.1, 0.15) is 92.8 Å².